The first-order valence-corrected chi connectivity index (χ1v) is 11.8. The molecule has 3 heterocycles. The van der Waals surface area contributed by atoms with E-state index in [2.05, 4.69) is 10.2 Å². The first kappa shape index (κ1) is 23.1. The lowest BCUT2D eigenvalue weighted by Gasteiger charge is -2.36. The summed E-state index contributed by atoms with van der Waals surface area (Å²) in [5.74, 6) is -0.890. The van der Waals surface area contributed by atoms with Gasteiger partial charge in [-0.2, -0.15) is 0 Å². The minimum absolute atomic E-state index is 0.0227. The average molecular weight is 469 g/mol. The Kier molecular flexibility index (Phi) is 6.62. The van der Waals surface area contributed by atoms with Gasteiger partial charge in [-0.1, -0.05) is 41.2 Å². The smallest absolute Gasteiger partial charge is 0.274 e. The van der Waals surface area contributed by atoms with Gasteiger partial charge in [0.05, 0.1) is 17.7 Å². The van der Waals surface area contributed by atoms with E-state index in [0.717, 1.165) is 10.6 Å². The molecular weight excluding hydrogens is 440 g/mol. The summed E-state index contributed by atoms with van der Waals surface area (Å²) in [6.45, 7) is 6.84. The second-order valence-electron chi connectivity index (χ2n) is 8.42. The molecule has 33 heavy (non-hydrogen) atoms. The van der Waals surface area contributed by atoms with E-state index in [1.807, 2.05) is 45.0 Å². The number of aromatic hydroxyl groups is 1. The SMILES string of the molecule is CCN1C[C@H](C[C@@H](C)OC)n2cc(-c3nnc(Cc4ccc(C)cc4)s3)c(=O)c(O)c2C1=O. The number of benzene rings is 1. The second kappa shape index (κ2) is 9.44. The number of nitrogens with zero attached hydrogens (tertiary/aromatic N) is 4. The number of fused-ring (bicyclic) bond motifs is 1. The molecule has 3 aromatic rings. The van der Waals surface area contributed by atoms with Gasteiger partial charge in [-0.25, -0.2) is 0 Å². The van der Waals surface area contributed by atoms with E-state index in [0.29, 0.717) is 30.9 Å². The van der Waals surface area contributed by atoms with Crippen LogP contribution in [-0.2, 0) is 11.2 Å². The highest BCUT2D eigenvalue weighted by molar-refractivity contribution is 7.14. The highest BCUT2D eigenvalue weighted by atomic mass is 32.1. The van der Waals surface area contributed by atoms with Crippen molar-refractivity contribution in [1.29, 1.82) is 0 Å². The molecule has 1 aromatic carbocycles. The largest absolute Gasteiger partial charge is 0.503 e. The fourth-order valence-electron chi connectivity index (χ4n) is 4.10. The number of methoxy groups -OCH3 is 1. The molecule has 9 heteroatoms. The number of ether oxygens (including phenoxy) is 1. The lowest BCUT2D eigenvalue weighted by molar-refractivity contribution is 0.0569. The monoisotopic (exact) mass is 468 g/mol. The molecule has 8 nitrogen and oxygen atoms in total. The van der Waals surface area contributed by atoms with Crippen LogP contribution in [0.15, 0.2) is 35.3 Å². The predicted molar refractivity (Wildman–Crippen MR) is 127 cm³/mol. The highest BCUT2D eigenvalue weighted by Gasteiger charge is 2.35. The van der Waals surface area contributed by atoms with Crippen LogP contribution in [-0.4, -0.2) is 57.0 Å². The Labute approximate surface area is 196 Å². The van der Waals surface area contributed by atoms with Crippen LogP contribution in [0.1, 0.15) is 52.9 Å². The van der Waals surface area contributed by atoms with Crippen molar-refractivity contribution >= 4 is 17.2 Å². The van der Waals surface area contributed by atoms with Gasteiger partial charge in [-0.15, -0.1) is 10.2 Å². The van der Waals surface area contributed by atoms with E-state index in [4.69, 9.17) is 4.74 Å². The number of rotatable bonds is 7. The molecule has 0 unspecified atom stereocenters. The molecular formula is C24H28N4O4S. The standard InChI is InChI=1S/C24H28N4O4S/c1-5-27-12-17(10-15(3)32-4)28-13-18(21(29)22(30)20(28)24(27)31)23-26-25-19(33-23)11-16-8-6-14(2)7-9-16/h6-9,13,15,17,30H,5,10-12H2,1-4H3/t15-,17+/m1/s1. The number of likely N-dealkylation sites (N-methyl/N-ethyl adjacent to an activating group) is 1. The molecule has 0 aliphatic carbocycles. The minimum atomic E-state index is -0.607. The molecule has 0 bridgehead atoms. The summed E-state index contributed by atoms with van der Waals surface area (Å²) in [6, 6.07) is 8.04. The van der Waals surface area contributed by atoms with Crippen molar-refractivity contribution in [3.05, 3.63) is 62.5 Å². The van der Waals surface area contributed by atoms with Crippen molar-refractivity contribution in [2.24, 2.45) is 0 Å². The molecule has 1 aliphatic heterocycles. The second-order valence-corrected chi connectivity index (χ2v) is 9.48. The van der Waals surface area contributed by atoms with Crippen molar-refractivity contribution in [1.82, 2.24) is 19.7 Å². The van der Waals surface area contributed by atoms with Gasteiger partial charge in [0.25, 0.3) is 5.91 Å². The molecule has 2 atom stereocenters. The van der Waals surface area contributed by atoms with Crippen molar-refractivity contribution in [3.63, 3.8) is 0 Å². The third kappa shape index (κ3) is 4.56. The van der Waals surface area contributed by atoms with E-state index < -0.39 is 11.2 Å². The van der Waals surface area contributed by atoms with Crippen molar-refractivity contribution in [2.45, 2.75) is 45.8 Å². The summed E-state index contributed by atoms with van der Waals surface area (Å²) in [4.78, 5) is 27.6. The average Bonchev–Trinajstić information content (AvgIpc) is 3.27. The van der Waals surface area contributed by atoms with Crippen LogP contribution in [0.2, 0.25) is 0 Å². The Balaban J connectivity index is 1.74. The number of pyridine rings is 1. The van der Waals surface area contributed by atoms with E-state index in [1.165, 1.54) is 16.9 Å². The fraction of sp³-hybridized carbons (Fsp3) is 0.417. The Morgan fingerprint density at radius 1 is 1.24 bits per heavy atom. The zero-order chi connectivity index (χ0) is 23.7. The van der Waals surface area contributed by atoms with Gasteiger partial charge in [0, 0.05) is 32.8 Å². The molecule has 1 N–H and O–H groups in total. The normalized spacial score (nSPS) is 16.7. The number of amides is 1. The summed E-state index contributed by atoms with van der Waals surface area (Å²) in [6.07, 6.45) is 2.83. The van der Waals surface area contributed by atoms with Crippen LogP contribution in [0.25, 0.3) is 10.6 Å². The van der Waals surface area contributed by atoms with Gasteiger partial charge in [-0.05, 0) is 32.8 Å². The number of aryl methyl sites for hydroxylation is 1. The van der Waals surface area contributed by atoms with E-state index in [1.54, 1.807) is 22.8 Å². The summed E-state index contributed by atoms with van der Waals surface area (Å²) >= 11 is 1.32. The topological polar surface area (TPSA) is 97.6 Å². The third-order valence-electron chi connectivity index (χ3n) is 6.09. The molecule has 174 valence electrons. The third-order valence-corrected chi connectivity index (χ3v) is 7.04. The number of aromatic nitrogens is 3. The van der Waals surface area contributed by atoms with E-state index >= 15 is 0 Å². The van der Waals surface area contributed by atoms with E-state index in [-0.39, 0.29) is 29.3 Å². The Morgan fingerprint density at radius 3 is 2.64 bits per heavy atom. The van der Waals surface area contributed by atoms with E-state index in [9.17, 15) is 14.7 Å². The summed E-state index contributed by atoms with van der Waals surface area (Å²) in [7, 11) is 1.64. The van der Waals surface area contributed by atoms with Crippen LogP contribution >= 0.6 is 11.3 Å². The maximum atomic E-state index is 13.1. The maximum Gasteiger partial charge on any atom is 0.274 e. The zero-order valence-electron chi connectivity index (χ0n) is 19.2. The molecule has 0 saturated heterocycles. The molecule has 4 rings (SSSR count). The first-order chi connectivity index (χ1) is 15.8. The summed E-state index contributed by atoms with van der Waals surface area (Å²) < 4.78 is 7.16. The van der Waals surface area contributed by atoms with Crippen molar-refractivity contribution in [2.75, 3.05) is 20.2 Å². The Morgan fingerprint density at radius 2 is 1.97 bits per heavy atom. The van der Waals surface area contributed by atoms with Crippen molar-refractivity contribution < 1.29 is 14.6 Å². The van der Waals surface area contributed by atoms with Crippen LogP contribution < -0.4 is 5.43 Å². The van der Waals surface area contributed by atoms with Gasteiger partial charge >= 0.3 is 0 Å². The quantitative estimate of drug-likeness (QED) is 0.571. The van der Waals surface area contributed by atoms with Gasteiger partial charge in [0.1, 0.15) is 5.01 Å². The van der Waals surface area contributed by atoms with Gasteiger partial charge < -0.3 is 19.3 Å². The Bertz CT molecular complexity index is 1220. The summed E-state index contributed by atoms with van der Waals surface area (Å²) in [5.41, 5.74) is 1.95. The van der Waals surface area contributed by atoms with Crippen LogP contribution in [0.4, 0.5) is 0 Å². The predicted octanol–water partition coefficient (Wildman–Crippen LogP) is 3.41. The van der Waals surface area contributed by atoms with Crippen LogP contribution in [0.3, 0.4) is 0 Å². The molecule has 1 aliphatic rings. The van der Waals surface area contributed by atoms with Crippen molar-refractivity contribution in [3.8, 4) is 16.3 Å². The van der Waals surface area contributed by atoms with Crippen LogP contribution in [0.5, 0.6) is 5.75 Å². The molecule has 0 radical (unpaired) electrons. The Hall–Kier alpha value is -3.04. The van der Waals surface area contributed by atoms with Gasteiger partial charge in [0.15, 0.2) is 16.5 Å². The molecule has 0 spiro atoms. The number of carbonyl (C=O) groups is 1. The molecule has 2 aromatic heterocycles. The fourth-order valence-corrected chi connectivity index (χ4v) is 4.98. The first-order valence-electron chi connectivity index (χ1n) is 11.0. The van der Waals surface area contributed by atoms with Gasteiger partial charge in [0.2, 0.25) is 5.43 Å². The minimum Gasteiger partial charge on any atom is -0.503 e. The molecule has 0 fully saturated rings. The number of carbonyl (C=O) groups excluding carboxylic acids is 1. The lowest BCUT2D eigenvalue weighted by Crippen LogP contribution is -2.45. The summed E-state index contributed by atoms with van der Waals surface area (Å²) in [5, 5.41) is 20.5. The maximum absolute atomic E-state index is 13.1. The van der Waals surface area contributed by atoms with Gasteiger partial charge in [-0.3, -0.25) is 9.59 Å². The molecule has 0 saturated carbocycles. The number of hydrogen-bond donors (Lipinski definition) is 1. The molecule has 1 amide bonds. The highest BCUT2D eigenvalue weighted by Crippen LogP contribution is 2.32. The lowest BCUT2D eigenvalue weighted by atomic mass is 10.0. The van der Waals surface area contributed by atoms with Crippen LogP contribution in [0, 0.1) is 6.92 Å². The zero-order valence-corrected chi connectivity index (χ0v) is 20.1. The number of hydrogen-bond acceptors (Lipinski definition) is 7.